The van der Waals surface area contributed by atoms with E-state index in [-0.39, 0.29) is 42.6 Å². The Labute approximate surface area is 233 Å². The van der Waals surface area contributed by atoms with Crippen molar-refractivity contribution in [3.63, 3.8) is 0 Å². The first kappa shape index (κ1) is 33.3. The number of esters is 1. The summed E-state index contributed by atoms with van der Waals surface area (Å²) < 4.78 is 30.6. The summed E-state index contributed by atoms with van der Waals surface area (Å²) in [5.41, 5.74) is -1.94. The van der Waals surface area contributed by atoms with Crippen LogP contribution in [-0.2, 0) is 28.1 Å². The fraction of sp³-hybridized carbons (Fsp3) is 0.931. The number of rotatable bonds is 12. The molecule has 0 bridgehead atoms. The van der Waals surface area contributed by atoms with Crippen LogP contribution in [0.1, 0.15) is 129 Å². The Morgan fingerprint density at radius 1 is 0.684 bits per heavy atom. The van der Waals surface area contributed by atoms with Crippen molar-refractivity contribution >= 4 is 25.9 Å². The van der Waals surface area contributed by atoms with Crippen LogP contribution in [-0.4, -0.2) is 59.5 Å². The SMILES string of the molecule is CC(C)=NC(CCCCB1OC(C)(C)C(C)(C)O1)(CCCCB1OC(C)(C)C(C)(C)O1)C(=O)OC(C)(C)C. The molecule has 0 saturated carbocycles. The average Bonchev–Trinajstić information content (AvgIpc) is 3.04. The summed E-state index contributed by atoms with van der Waals surface area (Å²) >= 11 is 0. The van der Waals surface area contributed by atoms with Gasteiger partial charge < -0.3 is 23.4 Å². The van der Waals surface area contributed by atoms with Crippen LogP contribution < -0.4 is 0 Å². The van der Waals surface area contributed by atoms with Gasteiger partial charge in [0.05, 0.1) is 22.4 Å². The van der Waals surface area contributed by atoms with Gasteiger partial charge in [-0.25, -0.2) is 4.79 Å². The lowest BCUT2D eigenvalue weighted by Gasteiger charge is -2.32. The van der Waals surface area contributed by atoms with Crippen molar-refractivity contribution in [2.24, 2.45) is 4.99 Å². The van der Waals surface area contributed by atoms with Gasteiger partial charge in [-0.05, 0) is 115 Å². The number of aliphatic imine (C=N–C) groups is 1. The fourth-order valence-corrected chi connectivity index (χ4v) is 4.91. The molecular weight excluding hydrogens is 480 g/mol. The second kappa shape index (κ2) is 11.9. The van der Waals surface area contributed by atoms with E-state index in [0.717, 1.165) is 44.0 Å². The number of hydrogen-bond donors (Lipinski definition) is 0. The molecule has 7 nitrogen and oxygen atoms in total. The molecule has 0 aliphatic carbocycles. The number of carbonyl (C=O) groups excluding carboxylic acids is 1. The first-order valence-corrected chi connectivity index (χ1v) is 14.6. The lowest BCUT2D eigenvalue weighted by Crippen LogP contribution is -2.43. The Morgan fingerprint density at radius 3 is 1.32 bits per heavy atom. The van der Waals surface area contributed by atoms with E-state index in [1.165, 1.54) is 0 Å². The van der Waals surface area contributed by atoms with Gasteiger partial charge in [-0.15, -0.1) is 0 Å². The summed E-state index contributed by atoms with van der Waals surface area (Å²) in [6.07, 6.45) is 6.25. The van der Waals surface area contributed by atoms with Crippen LogP contribution in [0.15, 0.2) is 4.99 Å². The van der Waals surface area contributed by atoms with Gasteiger partial charge >= 0.3 is 20.2 Å². The summed E-state index contributed by atoms with van der Waals surface area (Å²) in [5.74, 6) is -0.238. The molecule has 2 heterocycles. The maximum Gasteiger partial charge on any atom is 0.457 e. The summed E-state index contributed by atoms with van der Waals surface area (Å²) in [6, 6.07) is 0. The van der Waals surface area contributed by atoms with Crippen molar-refractivity contribution < 1.29 is 28.1 Å². The van der Waals surface area contributed by atoms with E-state index in [1.54, 1.807) is 0 Å². The van der Waals surface area contributed by atoms with Crippen molar-refractivity contribution in [1.29, 1.82) is 0 Å². The number of hydrogen-bond acceptors (Lipinski definition) is 7. The second-order valence-corrected chi connectivity index (χ2v) is 14.5. The van der Waals surface area contributed by atoms with Crippen molar-refractivity contribution in [3.8, 4) is 0 Å². The summed E-state index contributed by atoms with van der Waals surface area (Å²) in [7, 11) is -0.459. The minimum absolute atomic E-state index is 0.229. The number of unbranched alkanes of at least 4 members (excludes halogenated alkanes) is 2. The first-order chi connectivity index (χ1) is 17.1. The third kappa shape index (κ3) is 8.55. The maximum atomic E-state index is 13.6. The molecule has 2 aliphatic heterocycles. The number of carbonyl (C=O) groups is 1. The van der Waals surface area contributed by atoms with Gasteiger partial charge in [0.1, 0.15) is 5.60 Å². The van der Waals surface area contributed by atoms with E-state index in [2.05, 4.69) is 55.4 Å². The van der Waals surface area contributed by atoms with E-state index in [0.29, 0.717) is 12.8 Å². The Kier molecular flexibility index (Phi) is 10.5. The quantitative estimate of drug-likeness (QED) is 0.115. The van der Waals surface area contributed by atoms with E-state index in [9.17, 15) is 4.79 Å². The largest absolute Gasteiger partial charge is 0.458 e. The molecule has 2 aliphatic rings. The highest BCUT2D eigenvalue weighted by atomic mass is 16.7. The fourth-order valence-electron chi connectivity index (χ4n) is 4.91. The van der Waals surface area contributed by atoms with Gasteiger partial charge in [0.25, 0.3) is 0 Å². The normalized spacial score (nSPS) is 22.0. The molecule has 2 fully saturated rings. The van der Waals surface area contributed by atoms with Crippen LogP contribution in [0.25, 0.3) is 0 Å². The van der Waals surface area contributed by atoms with Crippen molar-refractivity contribution in [3.05, 3.63) is 0 Å². The lowest BCUT2D eigenvalue weighted by atomic mass is 9.78. The molecule has 0 aromatic rings. The molecule has 0 N–H and O–H groups in total. The lowest BCUT2D eigenvalue weighted by molar-refractivity contribution is -0.162. The van der Waals surface area contributed by atoms with Crippen LogP contribution in [0.4, 0.5) is 0 Å². The van der Waals surface area contributed by atoms with Gasteiger partial charge in [-0.1, -0.05) is 25.7 Å². The molecule has 0 radical (unpaired) electrons. The van der Waals surface area contributed by atoms with Crippen molar-refractivity contribution in [2.75, 3.05) is 0 Å². The zero-order valence-corrected chi connectivity index (χ0v) is 26.7. The molecule has 0 aromatic heterocycles. The number of ether oxygens (including phenoxy) is 1. The monoisotopic (exact) mass is 535 g/mol. The third-order valence-corrected chi connectivity index (χ3v) is 8.38. The van der Waals surface area contributed by atoms with Gasteiger partial charge in [0.2, 0.25) is 0 Å². The van der Waals surface area contributed by atoms with Crippen LogP contribution in [0.3, 0.4) is 0 Å². The third-order valence-electron chi connectivity index (χ3n) is 8.38. The van der Waals surface area contributed by atoms with Crippen molar-refractivity contribution in [2.45, 2.75) is 175 Å². The molecule has 0 amide bonds. The molecule has 0 atom stereocenters. The Balaban J connectivity index is 2.04. The maximum absolute atomic E-state index is 13.6. The first-order valence-electron chi connectivity index (χ1n) is 14.6. The average molecular weight is 535 g/mol. The van der Waals surface area contributed by atoms with E-state index >= 15 is 0 Å². The summed E-state index contributed by atoms with van der Waals surface area (Å²) in [5, 5.41) is 0. The molecule has 0 unspecified atom stereocenters. The van der Waals surface area contributed by atoms with E-state index < -0.39 is 11.1 Å². The standard InChI is InChI=1S/C29H55B2NO6/c1-22(2)32-29(23(33)34-24(3,4)5,18-14-16-20-30-35-25(6,7)26(8,9)36-30)19-15-17-21-31-37-27(10,11)28(12,13)38-31/h14-21H2,1-13H3. The molecule has 0 aromatic carbocycles. The number of nitrogens with zero attached hydrogens (tertiary/aromatic N) is 1. The van der Waals surface area contributed by atoms with E-state index in [4.69, 9.17) is 28.3 Å². The molecule has 2 rings (SSSR count). The minimum atomic E-state index is -0.905. The molecule has 2 saturated heterocycles. The van der Waals surface area contributed by atoms with Gasteiger partial charge in [-0.3, -0.25) is 4.99 Å². The van der Waals surface area contributed by atoms with Crippen LogP contribution >= 0.6 is 0 Å². The van der Waals surface area contributed by atoms with Crippen LogP contribution in [0.2, 0.25) is 12.6 Å². The summed E-state index contributed by atoms with van der Waals surface area (Å²) in [4.78, 5) is 18.6. The smallest absolute Gasteiger partial charge is 0.457 e. The molecule has 218 valence electrons. The topological polar surface area (TPSA) is 75.6 Å². The highest BCUT2D eigenvalue weighted by Gasteiger charge is 2.51. The Morgan fingerprint density at radius 2 is 1.03 bits per heavy atom. The minimum Gasteiger partial charge on any atom is -0.458 e. The van der Waals surface area contributed by atoms with Crippen LogP contribution in [0, 0.1) is 0 Å². The second-order valence-electron chi connectivity index (χ2n) is 14.5. The highest BCUT2D eigenvalue weighted by molar-refractivity contribution is 6.45. The van der Waals surface area contributed by atoms with Crippen molar-refractivity contribution in [1.82, 2.24) is 0 Å². The predicted molar refractivity (Wildman–Crippen MR) is 157 cm³/mol. The predicted octanol–water partition coefficient (Wildman–Crippen LogP) is 7.07. The van der Waals surface area contributed by atoms with E-state index in [1.807, 2.05) is 34.6 Å². The van der Waals surface area contributed by atoms with Crippen LogP contribution in [0.5, 0.6) is 0 Å². The Hall–Kier alpha value is -0.890. The van der Waals surface area contributed by atoms with Gasteiger partial charge in [0, 0.05) is 5.71 Å². The molecular formula is C29H55B2NO6. The molecule has 9 heteroatoms. The summed E-state index contributed by atoms with van der Waals surface area (Å²) in [6.45, 7) is 26.2. The zero-order chi connectivity index (χ0) is 29.2. The van der Waals surface area contributed by atoms with Gasteiger partial charge in [-0.2, -0.15) is 0 Å². The zero-order valence-electron chi connectivity index (χ0n) is 26.7. The molecule has 38 heavy (non-hydrogen) atoms. The van der Waals surface area contributed by atoms with Gasteiger partial charge in [0.15, 0.2) is 5.54 Å². The molecule has 0 spiro atoms. The Bertz CT molecular complexity index is 766. The highest BCUT2D eigenvalue weighted by Crippen LogP contribution is 2.40.